The van der Waals surface area contributed by atoms with Crippen LogP contribution in [-0.4, -0.2) is 29.3 Å². The van der Waals surface area contributed by atoms with Crippen molar-refractivity contribution in [2.75, 3.05) is 0 Å². The quantitative estimate of drug-likeness (QED) is 0.335. The van der Waals surface area contributed by atoms with Gasteiger partial charge in [-0.15, -0.1) is 0 Å². The molecule has 0 atom stereocenters. The fourth-order valence-corrected chi connectivity index (χ4v) is 0. The molecule has 0 aromatic heterocycles. The van der Waals surface area contributed by atoms with Crippen molar-refractivity contribution in [3.05, 3.63) is 6.92 Å². The monoisotopic (exact) mass is 110 g/mol. The number of hydrogen-bond acceptors (Lipinski definition) is 1. The molecule has 0 aliphatic rings. The largest absolute Gasteiger partial charge is 2.00 e. The van der Waals surface area contributed by atoms with Crippen molar-refractivity contribution in [1.82, 2.24) is 0 Å². The molecule has 0 saturated heterocycles. The molecule has 0 N–H and O–H groups in total. The normalized spacial score (nSPS) is 4.43. The Balaban J connectivity index is -0.0000000400. The van der Waals surface area contributed by atoms with E-state index in [-0.39, 0.29) is 23.1 Å². The predicted octanol–water partition coefficient (Wildman–Crippen LogP) is 0.966. The Bertz CT molecular complexity index is 22.0. The van der Waals surface area contributed by atoms with Crippen LogP contribution in [0.4, 0.5) is 0 Å². The predicted molar refractivity (Wildman–Crippen MR) is 32.8 cm³/mol. The summed E-state index contributed by atoms with van der Waals surface area (Å²) in [4.78, 5) is 8.68. The van der Waals surface area contributed by atoms with E-state index < -0.39 is 0 Å². The minimum atomic E-state index is 0. The summed E-state index contributed by atoms with van der Waals surface area (Å²) in [6, 6.07) is 0. The van der Waals surface area contributed by atoms with Gasteiger partial charge in [0.25, 0.3) is 0 Å². The van der Waals surface area contributed by atoms with Crippen LogP contribution in [-0.2, 0) is 4.79 Å². The van der Waals surface area contributed by atoms with Gasteiger partial charge in [-0.05, 0) is 0 Å². The van der Waals surface area contributed by atoms with Gasteiger partial charge >= 0.3 is 23.1 Å². The second kappa shape index (κ2) is 32.0. The maximum atomic E-state index is 8.68. The number of carbonyl (C=O) groups excluding carboxylic acids is 1. The Labute approximate surface area is 61.6 Å². The van der Waals surface area contributed by atoms with Crippen LogP contribution in [0.15, 0.2) is 0 Å². The zero-order valence-electron chi connectivity index (χ0n) is 5.03. The molecule has 0 rings (SSSR count). The van der Waals surface area contributed by atoms with Crippen molar-refractivity contribution in [3.63, 3.8) is 0 Å². The summed E-state index contributed by atoms with van der Waals surface area (Å²) in [5, 5.41) is 0. The molecule has 0 spiro atoms. The molecule has 0 aromatic rings. The van der Waals surface area contributed by atoms with Gasteiger partial charge in [-0.1, -0.05) is 6.92 Å². The van der Waals surface area contributed by atoms with Crippen molar-refractivity contribution in [2.45, 2.75) is 20.3 Å². The summed E-state index contributed by atoms with van der Waals surface area (Å²) in [6.07, 6.45) is 2.50. The molecule has 1 nitrogen and oxygen atoms in total. The first kappa shape index (κ1) is 15.7. The van der Waals surface area contributed by atoms with E-state index in [0.29, 0.717) is 0 Å². The van der Waals surface area contributed by atoms with E-state index in [1.165, 1.54) is 13.2 Å². The standard InChI is InChI=1S/C3H7.C2H3O.Mg/c1-3-2;1-2-3;/h1,3H2,2H3;1H3;/q2*-1;+2. The third kappa shape index (κ3) is 666. The Hall–Kier alpha value is 0.436. The third-order valence-corrected chi connectivity index (χ3v) is 0. The molecular weight excluding hydrogens is 100 g/mol. The molecule has 0 aliphatic carbocycles. The Morgan fingerprint density at radius 2 is 1.71 bits per heavy atom. The van der Waals surface area contributed by atoms with E-state index in [4.69, 9.17) is 4.79 Å². The molecule has 0 aromatic carbocycles. The topological polar surface area (TPSA) is 17.1 Å². The minimum Gasteiger partial charge on any atom is -0.542 e. The first-order valence-electron chi connectivity index (χ1n) is 1.91. The zero-order chi connectivity index (χ0) is 5.41. The van der Waals surface area contributed by atoms with E-state index in [1.807, 2.05) is 6.92 Å². The summed E-state index contributed by atoms with van der Waals surface area (Å²) in [5.41, 5.74) is 0. The van der Waals surface area contributed by atoms with Crippen molar-refractivity contribution in [3.8, 4) is 0 Å². The maximum Gasteiger partial charge on any atom is 2.00 e. The number of hydrogen-bond donors (Lipinski definition) is 0. The zero-order valence-corrected chi connectivity index (χ0v) is 6.44. The van der Waals surface area contributed by atoms with E-state index in [9.17, 15) is 0 Å². The molecule has 0 bridgehead atoms. The van der Waals surface area contributed by atoms with Crippen LogP contribution in [0, 0.1) is 6.92 Å². The smallest absolute Gasteiger partial charge is 0.542 e. The molecule has 38 valence electrons. The van der Waals surface area contributed by atoms with Gasteiger partial charge in [0.2, 0.25) is 0 Å². The van der Waals surface area contributed by atoms with E-state index in [2.05, 4.69) is 6.92 Å². The molecule has 7 heavy (non-hydrogen) atoms. The van der Waals surface area contributed by atoms with Crippen LogP contribution in [0.1, 0.15) is 20.3 Å². The Kier molecular flexibility index (Phi) is 71.7. The van der Waals surface area contributed by atoms with Crippen LogP contribution < -0.4 is 0 Å². The van der Waals surface area contributed by atoms with E-state index in [1.54, 1.807) is 0 Å². The van der Waals surface area contributed by atoms with Crippen LogP contribution in [0.25, 0.3) is 0 Å². The van der Waals surface area contributed by atoms with Crippen LogP contribution in [0.3, 0.4) is 0 Å². The molecule has 0 aliphatic heterocycles. The van der Waals surface area contributed by atoms with Crippen LogP contribution in [0.5, 0.6) is 0 Å². The molecule has 0 heterocycles. The second-order valence-corrected chi connectivity index (χ2v) is 0.704. The van der Waals surface area contributed by atoms with Crippen molar-refractivity contribution < 1.29 is 4.79 Å². The van der Waals surface area contributed by atoms with Gasteiger partial charge in [-0.25, -0.2) is 0 Å². The molecule has 0 amide bonds. The third-order valence-electron chi connectivity index (χ3n) is 0. The first-order valence-corrected chi connectivity index (χ1v) is 1.91. The average molecular weight is 110 g/mol. The van der Waals surface area contributed by atoms with Crippen molar-refractivity contribution >= 4 is 29.3 Å². The van der Waals surface area contributed by atoms with Gasteiger partial charge < -0.3 is 11.7 Å². The number of rotatable bonds is 0. The molecule has 0 radical (unpaired) electrons. The van der Waals surface area contributed by atoms with E-state index >= 15 is 0 Å². The molecular formula is C5H10MgO. The van der Waals surface area contributed by atoms with Crippen LogP contribution in [0.2, 0.25) is 0 Å². The molecule has 0 fully saturated rings. The minimum absolute atomic E-state index is 0. The van der Waals surface area contributed by atoms with Crippen molar-refractivity contribution in [1.29, 1.82) is 0 Å². The average Bonchev–Trinajstić information content (AvgIpc) is 1.39. The van der Waals surface area contributed by atoms with Gasteiger partial charge in [-0.2, -0.15) is 13.3 Å². The summed E-state index contributed by atoms with van der Waals surface area (Å²) in [6.45, 7) is 6.82. The van der Waals surface area contributed by atoms with Gasteiger partial charge in [0.15, 0.2) is 0 Å². The second-order valence-electron chi connectivity index (χ2n) is 0.704. The Morgan fingerprint density at radius 3 is 1.71 bits per heavy atom. The summed E-state index contributed by atoms with van der Waals surface area (Å²) in [7, 11) is 0. The van der Waals surface area contributed by atoms with Gasteiger partial charge in [0, 0.05) is 0 Å². The van der Waals surface area contributed by atoms with Gasteiger partial charge in [0.05, 0.1) is 0 Å². The molecule has 2 heteroatoms. The first-order chi connectivity index (χ1) is 2.83. The van der Waals surface area contributed by atoms with Gasteiger partial charge in [-0.3, -0.25) is 6.29 Å². The maximum absolute atomic E-state index is 8.68. The molecule has 0 saturated carbocycles. The summed E-state index contributed by atoms with van der Waals surface area (Å²) < 4.78 is 0. The SMILES string of the molecule is C[C-]=O.[CH2-]CC.[Mg+2]. The Morgan fingerprint density at radius 1 is 1.71 bits per heavy atom. The summed E-state index contributed by atoms with van der Waals surface area (Å²) >= 11 is 0. The van der Waals surface area contributed by atoms with E-state index in [0.717, 1.165) is 6.42 Å². The van der Waals surface area contributed by atoms with Gasteiger partial charge in [0.1, 0.15) is 0 Å². The fourth-order valence-electron chi connectivity index (χ4n) is 0. The van der Waals surface area contributed by atoms with Crippen LogP contribution >= 0.6 is 0 Å². The molecule has 0 unspecified atom stereocenters. The fraction of sp³-hybridized carbons (Fsp3) is 0.600. The van der Waals surface area contributed by atoms with Crippen molar-refractivity contribution in [2.24, 2.45) is 0 Å². The summed E-state index contributed by atoms with van der Waals surface area (Å²) in [5.74, 6) is 0.